The summed E-state index contributed by atoms with van der Waals surface area (Å²) in [4.78, 5) is 0. The highest BCUT2D eigenvalue weighted by atomic mass is 79.9. The summed E-state index contributed by atoms with van der Waals surface area (Å²) in [6.07, 6.45) is 5.71. The highest BCUT2D eigenvalue weighted by molar-refractivity contribution is 9.10. The van der Waals surface area contributed by atoms with Crippen LogP contribution >= 0.6 is 15.9 Å². The predicted octanol–water partition coefficient (Wildman–Crippen LogP) is 4.73. The first-order chi connectivity index (χ1) is 9.75. The van der Waals surface area contributed by atoms with Crippen LogP contribution < -0.4 is 5.73 Å². The van der Waals surface area contributed by atoms with Crippen LogP contribution in [0.3, 0.4) is 0 Å². The first-order valence-electron chi connectivity index (χ1n) is 8.18. The van der Waals surface area contributed by atoms with Gasteiger partial charge in [0.15, 0.2) is 0 Å². The minimum atomic E-state index is 0.368. The molecule has 0 aliphatic heterocycles. The number of aromatic nitrogens is 2. The van der Waals surface area contributed by atoms with Crippen LogP contribution in [0.2, 0.25) is 0 Å². The molecule has 1 fully saturated rings. The Balaban J connectivity index is 2.36. The summed E-state index contributed by atoms with van der Waals surface area (Å²) in [6.45, 7) is 12.3. The minimum absolute atomic E-state index is 0.368. The van der Waals surface area contributed by atoms with Crippen LogP contribution in [-0.2, 0) is 0 Å². The van der Waals surface area contributed by atoms with E-state index in [1.54, 1.807) is 0 Å². The maximum absolute atomic E-state index is 6.09. The molecule has 120 valence electrons. The Morgan fingerprint density at radius 2 is 2.05 bits per heavy atom. The fraction of sp³-hybridized carbons (Fsp3) is 0.824. The average molecular weight is 356 g/mol. The van der Waals surface area contributed by atoms with Gasteiger partial charge in [0.05, 0.1) is 16.4 Å². The molecule has 3 unspecified atom stereocenters. The summed E-state index contributed by atoms with van der Waals surface area (Å²) in [5.74, 6) is 1.86. The third-order valence-electron chi connectivity index (χ3n) is 5.15. The predicted molar refractivity (Wildman–Crippen MR) is 92.4 cm³/mol. The van der Waals surface area contributed by atoms with Crippen molar-refractivity contribution in [1.29, 1.82) is 0 Å². The summed E-state index contributed by atoms with van der Waals surface area (Å²) < 4.78 is 3.33. The molecule has 21 heavy (non-hydrogen) atoms. The second-order valence-electron chi connectivity index (χ2n) is 7.89. The van der Waals surface area contributed by atoms with Gasteiger partial charge in [-0.25, -0.2) is 0 Å². The van der Waals surface area contributed by atoms with Crippen molar-refractivity contribution in [1.82, 2.24) is 9.78 Å². The van der Waals surface area contributed by atoms with E-state index in [4.69, 9.17) is 5.73 Å². The molecular formula is C17H30BrN3. The van der Waals surface area contributed by atoms with Crippen molar-refractivity contribution >= 4 is 15.9 Å². The average Bonchev–Trinajstić information content (AvgIpc) is 2.78. The molecule has 1 saturated carbocycles. The fourth-order valence-corrected chi connectivity index (χ4v) is 4.31. The van der Waals surface area contributed by atoms with Gasteiger partial charge in [0, 0.05) is 12.0 Å². The van der Waals surface area contributed by atoms with Crippen molar-refractivity contribution < 1.29 is 0 Å². The van der Waals surface area contributed by atoms with E-state index in [1.807, 2.05) is 6.20 Å². The standard InChI is InChI=1S/C17H30BrN3/c1-11(2)21-16(15(18)10-20-21)14-8-13(17(3,4)5)7-6-12(14)9-19/h10-14H,6-9,19H2,1-5H3. The molecule has 1 aliphatic rings. The van der Waals surface area contributed by atoms with Gasteiger partial charge in [0.2, 0.25) is 0 Å². The van der Waals surface area contributed by atoms with Crippen molar-refractivity contribution in [3.63, 3.8) is 0 Å². The van der Waals surface area contributed by atoms with E-state index >= 15 is 0 Å². The van der Waals surface area contributed by atoms with Crippen molar-refractivity contribution in [2.45, 2.75) is 65.8 Å². The van der Waals surface area contributed by atoms with Gasteiger partial charge in [-0.2, -0.15) is 5.10 Å². The lowest BCUT2D eigenvalue weighted by Gasteiger charge is -2.42. The molecule has 0 saturated heterocycles. The number of hydrogen-bond donors (Lipinski definition) is 1. The third kappa shape index (κ3) is 3.53. The lowest BCUT2D eigenvalue weighted by molar-refractivity contribution is 0.129. The van der Waals surface area contributed by atoms with E-state index in [0.29, 0.717) is 23.3 Å². The molecule has 2 rings (SSSR count). The molecule has 3 atom stereocenters. The van der Waals surface area contributed by atoms with Gasteiger partial charge in [-0.15, -0.1) is 0 Å². The maximum atomic E-state index is 6.09. The highest BCUT2D eigenvalue weighted by Gasteiger charge is 2.38. The van der Waals surface area contributed by atoms with Crippen molar-refractivity contribution in [2.24, 2.45) is 23.0 Å². The largest absolute Gasteiger partial charge is 0.330 e. The SMILES string of the molecule is CC(C)n1ncc(Br)c1C1CC(C(C)(C)C)CCC1CN. The summed E-state index contributed by atoms with van der Waals surface area (Å²) >= 11 is 3.72. The highest BCUT2D eigenvalue weighted by Crippen LogP contribution is 2.48. The molecule has 0 aromatic carbocycles. The van der Waals surface area contributed by atoms with E-state index in [-0.39, 0.29) is 0 Å². The first kappa shape index (κ1) is 17.0. The zero-order valence-electron chi connectivity index (χ0n) is 14.1. The molecule has 1 aromatic rings. The molecule has 4 heteroatoms. The Morgan fingerprint density at radius 1 is 1.38 bits per heavy atom. The molecule has 1 aromatic heterocycles. The van der Waals surface area contributed by atoms with Crippen molar-refractivity contribution in [3.8, 4) is 0 Å². The summed E-state index contributed by atoms with van der Waals surface area (Å²) in [6, 6.07) is 0.389. The zero-order valence-corrected chi connectivity index (χ0v) is 15.7. The van der Waals surface area contributed by atoms with Crippen molar-refractivity contribution in [2.75, 3.05) is 6.54 Å². The van der Waals surface area contributed by atoms with Crippen molar-refractivity contribution in [3.05, 3.63) is 16.4 Å². The lowest BCUT2D eigenvalue weighted by atomic mass is 9.64. The van der Waals surface area contributed by atoms with E-state index in [2.05, 4.69) is 60.3 Å². The van der Waals surface area contributed by atoms with Gasteiger partial charge in [-0.05, 0) is 72.8 Å². The van der Waals surface area contributed by atoms with Gasteiger partial charge in [0.25, 0.3) is 0 Å². The molecule has 3 nitrogen and oxygen atoms in total. The molecule has 0 amide bonds. The Labute approximate surface area is 137 Å². The second-order valence-corrected chi connectivity index (χ2v) is 8.75. The van der Waals surface area contributed by atoms with Crippen LogP contribution in [0.15, 0.2) is 10.7 Å². The van der Waals surface area contributed by atoms with E-state index in [9.17, 15) is 0 Å². The smallest absolute Gasteiger partial charge is 0.0635 e. The first-order valence-corrected chi connectivity index (χ1v) is 8.98. The molecule has 1 aliphatic carbocycles. The monoisotopic (exact) mass is 355 g/mol. The molecule has 0 radical (unpaired) electrons. The molecule has 2 N–H and O–H groups in total. The molecular weight excluding hydrogens is 326 g/mol. The van der Waals surface area contributed by atoms with E-state index in [1.165, 1.54) is 25.0 Å². The zero-order chi connectivity index (χ0) is 15.8. The minimum Gasteiger partial charge on any atom is -0.330 e. The molecule has 0 spiro atoms. The van der Waals surface area contributed by atoms with Crippen LogP contribution in [-0.4, -0.2) is 16.3 Å². The Morgan fingerprint density at radius 3 is 2.57 bits per heavy atom. The van der Waals surface area contributed by atoms with Gasteiger partial charge in [-0.3, -0.25) is 4.68 Å². The fourth-order valence-electron chi connectivity index (χ4n) is 3.75. The number of nitrogens with two attached hydrogens (primary N) is 1. The maximum Gasteiger partial charge on any atom is 0.0635 e. The normalized spacial score (nSPS) is 27.3. The van der Waals surface area contributed by atoms with Crippen LogP contribution in [0, 0.1) is 17.3 Å². The number of hydrogen-bond acceptors (Lipinski definition) is 2. The Hall–Kier alpha value is -0.350. The Bertz CT molecular complexity index is 473. The van der Waals surface area contributed by atoms with Crippen LogP contribution in [0.25, 0.3) is 0 Å². The van der Waals surface area contributed by atoms with Crippen LogP contribution in [0.1, 0.15) is 71.5 Å². The van der Waals surface area contributed by atoms with E-state index < -0.39 is 0 Å². The number of nitrogens with zero attached hydrogens (tertiary/aromatic N) is 2. The van der Waals surface area contributed by atoms with Gasteiger partial charge in [-0.1, -0.05) is 20.8 Å². The number of rotatable bonds is 3. The summed E-state index contributed by atoms with van der Waals surface area (Å²) in [5.41, 5.74) is 7.81. The summed E-state index contributed by atoms with van der Waals surface area (Å²) in [5, 5.41) is 4.58. The quantitative estimate of drug-likeness (QED) is 0.851. The number of halogens is 1. The molecule has 0 bridgehead atoms. The van der Waals surface area contributed by atoms with Gasteiger partial charge < -0.3 is 5.73 Å². The summed E-state index contributed by atoms with van der Waals surface area (Å²) in [7, 11) is 0. The van der Waals surface area contributed by atoms with Gasteiger partial charge >= 0.3 is 0 Å². The third-order valence-corrected chi connectivity index (χ3v) is 5.76. The Kier molecular flexibility index (Phi) is 5.19. The lowest BCUT2D eigenvalue weighted by Crippen LogP contribution is -2.35. The van der Waals surface area contributed by atoms with Gasteiger partial charge in [0.1, 0.15) is 0 Å². The van der Waals surface area contributed by atoms with Crippen LogP contribution in [0.5, 0.6) is 0 Å². The molecule has 1 heterocycles. The van der Waals surface area contributed by atoms with E-state index in [0.717, 1.165) is 16.9 Å². The second kappa shape index (κ2) is 6.41. The van der Waals surface area contributed by atoms with Crippen LogP contribution in [0.4, 0.5) is 0 Å². The topological polar surface area (TPSA) is 43.8 Å².